The number of nitrogens with one attached hydrogen (secondary N) is 1. The Kier molecular flexibility index (Phi) is 6.21. The number of nitrogens with zero attached hydrogens (tertiary/aromatic N) is 2. The zero-order valence-corrected chi connectivity index (χ0v) is 13.7. The van der Waals surface area contributed by atoms with Crippen LogP contribution in [0.4, 0.5) is 0 Å². The minimum absolute atomic E-state index is 0.0951. The van der Waals surface area contributed by atoms with Crippen LogP contribution in [0, 0.1) is 0 Å². The van der Waals surface area contributed by atoms with E-state index in [0.29, 0.717) is 6.61 Å². The molecule has 0 aromatic carbocycles. The van der Waals surface area contributed by atoms with Gasteiger partial charge in [0.05, 0.1) is 12.3 Å². The van der Waals surface area contributed by atoms with Crippen LogP contribution in [-0.4, -0.2) is 45.8 Å². The molecule has 2 rings (SSSR count). The molecular weight excluding hydrogens is 302 g/mol. The van der Waals surface area contributed by atoms with Crippen LogP contribution in [-0.2, 0) is 20.9 Å². The van der Waals surface area contributed by atoms with Crippen LogP contribution in [0.5, 0.6) is 0 Å². The smallest absolute Gasteiger partial charge is 0.327 e. The number of aromatic nitrogens is 2. The van der Waals surface area contributed by atoms with Gasteiger partial charge >= 0.3 is 5.97 Å². The zero-order chi connectivity index (χ0) is 15.9. The van der Waals surface area contributed by atoms with Crippen molar-refractivity contribution in [3.05, 3.63) is 23.5 Å². The lowest BCUT2D eigenvalue weighted by molar-refractivity contribution is -0.144. The molecule has 0 saturated carbocycles. The van der Waals surface area contributed by atoms with E-state index >= 15 is 0 Å². The van der Waals surface area contributed by atoms with Crippen molar-refractivity contribution in [2.24, 2.45) is 0 Å². The molecule has 1 atom stereocenters. The standard InChI is InChI=1S/C15H21N3O3S/c1-3-21-15(20)10-18-13(4-7-17-18)8-12-9-16-6-5-14(12)22-11(2)19/h4,7-8,14,16H,3,5-6,9-10H2,1-2H3. The number of carbonyl (C=O) groups excluding carboxylic acids is 2. The minimum atomic E-state index is -0.303. The molecule has 6 nitrogen and oxygen atoms in total. The molecule has 1 aromatic rings. The molecule has 1 unspecified atom stereocenters. The van der Waals surface area contributed by atoms with Gasteiger partial charge in [0.15, 0.2) is 5.12 Å². The van der Waals surface area contributed by atoms with E-state index in [1.807, 2.05) is 12.1 Å². The Morgan fingerprint density at radius 3 is 3.14 bits per heavy atom. The largest absolute Gasteiger partial charge is 0.465 e. The number of hydrogen-bond donors (Lipinski definition) is 1. The second-order valence-corrected chi connectivity index (χ2v) is 6.38. The highest BCUT2D eigenvalue weighted by molar-refractivity contribution is 8.14. The van der Waals surface area contributed by atoms with Crippen molar-refractivity contribution < 1.29 is 14.3 Å². The molecule has 1 saturated heterocycles. The van der Waals surface area contributed by atoms with Crippen LogP contribution in [0.25, 0.3) is 6.08 Å². The van der Waals surface area contributed by atoms with Crippen LogP contribution in [0.2, 0.25) is 0 Å². The van der Waals surface area contributed by atoms with Crippen LogP contribution in [0.15, 0.2) is 17.8 Å². The van der Waals surface area contributed by atoms with E-state index in [4.69, 9.17) is 4.74 Å². The maximum atomic E-state index is 11.6. The molecular formula is C15H21N3O3S. The normalized spacial score (nSPS) is 20.1. The van der Waals surface area contributed by atoms with Gasteiger partial charge in [0, 0.05) is 24.9 Å². The SMILES string of the molecule is CCOC(=O)Cn1nccc1C=C1CNCCC1SC(C)=O. The summed E-state index contributed by atoms with van der Waals surface area (Å²) < 4.78 is 6.57. The topological polar surface area (TPSA) is 73.2 Å². The Labute approximate surface area is 134 Å². The number of thioether (sulfide) groups is 1. The molecule has 0 amide bonds. The molecule has 1 aliphatic rings. The van der Waals surface area contributed by atoms with Gasteiger partial charge in [0.2, 0.25) is 0 Å². The van der Waals surface area contributed by atoms with Gasteiger partial charge in [-0.05, 0) is 37.6 Å². The Bertz CT molecular complexity index is 568. The molecule has 0 aliphatic carbocycles. The summed E-state index contributed by atoms with van der Waals surface area (Å²) in [4.78, 5) is 23.0. The lowest BCUT2D eigenvalue weighted by atomic mass is 10.0. The average Bonchev–Trinajstić information content (AvgIpc) is 2.88. The highest BCUT2D eigenvalue weighted by Crippen LogP contribution is 2.27. The van der Waals surface area contributed by atoms with E-state index in [-0.39, 0.29) is 22.9 Å². The predicted octanol–water partition coefficient (Wildman–Crippen LogP) is 1.47. The van der Waals surface area contributed by atoms with E-state index in [1.165, 1.54) is 11.8 Å². The molecule has 1 fully saturated rings. The fourth-order valence-corrected chi connectivity index (χ4v) is 3.30. The average molecular weight is 323 g/mol. The van der Waals surface area contributed by atoms with Gasteiger partial charge in [-0.3, -0.25) is 14.3 Å². The molecule has 120 valence electrons. The van der Waals surface area contributed by atoms with Crippen molar-refractivity contribution in [2.45, 2.75) is 32.1 Å². The first-order chi connectivity index (χ1) is 10.6. The third-order valence-corrected chi connectivity index (χ3v) is 4.46. The van der Waals surface area contributed by atoms with Crippen molar-refractivity contribution in [1.29, 1.82) is 0 Å². The molecule has 1 aliphatic heterocycles. The van der Waals surface area contributed by atoms with Gasteiger partial charge < -0.3 is 10.1 Å². The first-order valence-corrected chi connectivity index (χ1v) is 8.24. The van der Waals surface area contributed by atoms with Crippen molar-refractivity contribution in [3.63, 3.8) is 0 Å². The maximum absolute atomic E-state index is 11.6. The van der Waals surface area contributed by atoms with E-state index in [9.17, 15) is 9.59 Å². The summed E-state index contributed by atoms with van der Waals surface area (Å²) in [6.07, 6.45) is 4.59. The summed E-state index contributed by atoms with van der Waals surface area (Å²) in [6.45, 7) is 5.48. The molecule has 1 N–H and O–H groups in total. The molecule has 22 heavy (non-hydrogen) atoms. The summed E-state index contributed by atoms with van der Waals surface area (Å²) >= 11 is 1.36. The Morgan fingerprint density at radius 2 is 2.41 bits per heavy atom. The molecule has 0 spiro atoms. The second kappa shape index (κ2) is 8.14. The summed E-state index contributed by atoms with van der Waals surface area (Å²) in [5.74, 6) is -0.303. The molecule has 0 bridgehead atoms. The van der Waals surface area contributed by atoms with E-state index in [2.05, 4.69) is 10.4 Å². The van der Waals surface area contributed by atoms with Crippen LogP contribution >= 0.6 is 11.8 Å². The van der Waals surface area contributed by atoms with Crippen LogP contribution < -0.4 is 5.32 Å². The maximum Gasteiger partial charge on any atom is 0.327 e. The van der Waals surface area contributed by atoms with Crippen molar-refractivity contribution in [3.8, 4) is 0 Å². The second-order valence-electron chi connectivity index (χ2n) is 5.00. The highest BCUT2D eigenvalue weighted by atomic mass is 32.2. The fourth-order valence-electron chi connectivity index (χ4n) is 2.36. The summed E-state index contributed by atoms with van der Waals surface area (Å²) in [6, 6.07) is 1.86. The van der Waals surface area contributed by atoms with E-state index in [0.717, 1.165) is 30.8 Å². The molecule has 0 radical (unpaired) electrons. The third-order valence-electron chi connectivity index (χ3n) is 3.30. The number of rotatable bonds is 5. The highest BCUT2D eigenvalue weighted by Gasteiger charge is 2.21. The number of esters is 1. The third kappa shape index (κ3) is 4.71. The van der Waals surface area contributed by atoms with Gasteiger partial charge in [-0.25, -0.2) is 0 Å². The minimum Gasteiger partial charge on any atom is -0.465 e. The Hall–Kier alpha value is -1.60. The number of piperidine rings is 1. The first-order valence-electron chi connectivity index (χ1n) is 7.36. The number of hydrogen-bond acceptors (Lipinski definition) is 6. The lowest BCUT2D eigenvalue weighted by Crippen LogP contribution is -2.32. The number of carbonyl (C=O) groups is 2. The summed E-state index contributed by atoms with van der Waals surface area (Å²) in [5.41, 5.74) is 2.00. The van der Waals surface area contributed by atoms with Gasteiger partial charge in [-0.1, -0.05) is 11.8 Å². The molecule has 7 heteroatoms. The van der Waals surface area contributed by atoms with E-state index < -0.39 is 0 Å². The van der Waals surface area contributed by atoms with E-state index in [1.54, 1.807) is 24.7 Å². The van der Waals surface area contributed by atoms with Crippen molar-refractivity contribution in [2.75, 3.05) is 19.7 Å². The van der Waals surface area contributed by atoms with Gasteiger partial charge in [0.25, 0.3) is 0 Å². The summed E-state index contributed by atoms with van der Waals surface area (Å²) in [7, 11) is 0. The first kappa shape index (κ1) is 16.8. The van der Waals surface area contributed by atoms with Crippen LogP contribution in [0.1, 0.15) is 26.0 Å². The fraction of sp³-hybridized carbons (Fsp3) is 0.533. The zero-order valence-electron chi connectivity index (χ0n) is 12.9. The van der Waals surface area contributed by atoms with Crippen LogP contribution in [0.3, 0.4) is 0 Å². The lowest BCUT2D eigenvalue weighted by Gasteiger charge is -2.25. The quantitative estimate of drug-likeness (QED) is 0.827. The van der Waals surface area contributed by atoms with Gasteiger partial charge in [-0.15, -0.1) is 0 Å². The Balaban J connectivity index is 2.14. The summed E-state index contributed by atoms with van der Waals surface area (Å²) in [5, 5.41) is 7.79. The number of ether oxygens (including phenoxy) is 1. The molecule has 2 heterocycles. The molecule has 1 aromatic heterocycles. The van der Waals surface area contributed by atoms with Gasteiger partial charge in [-0.2, -0.15) is 5.10 Å². The van der Waals surface area contributed by atoms with Gasteiger partial charge in [0.1, 0.15) is 6.54 Å². The van der Waals surface area contributed by atoms with Crippen molar-refractivity contribution in [1.82, 2.24) is 15.1 Å². The monoisotopic (exact) mass is 323 g/mol. The predicted molar refractivity (Wildman–Crippen MR) is 86.4 cm³/mol. The Morgan fingerprint density at radius 1 is 1.59 bits per heavy atom. The van der Waals surface area contributed by atoms with Crippen molar-refractivity contribution >= 4 is 28.9 Å².